The number of nitriles is 1. The van der Waals surface area contributed by atoms with E-state index < -0.39 is 11.6 Å². The molecule has 0 atom stereocenters. The van der Waals surface area contributed by atoms with Crippen molar-refractivity contribution in [3.63, 3.8) is 0 Å². The summed E-state index contributed by atoms with van der Waals surface area (Å²) in [4.78, 5) is 6.28. The second-order valence-electron chi connectivity index (χ2n) is 5.50. The summed E-state index contributed by atoms with van der Waals surface area (Å²) >= 11 is 0. The van der Waals surface area contributed by atoms with E-state index in [2.05, 4.69) is 9.80 Å². The average Bonchev–Trinajstić information content (AvgIpc) is 2.48. The molecule has 1 fully saturated rings. The lowest BCUT2D eigenvalue weighted by Gasteiger charge is -2.36. The van der Waals surface area contributed by atoms with Gasteiger partial charge in [-0.3, -0.25) is 4.90 Å². The number of rotatable bonds is 4. The number of nitrogens with zero attached hydrogens (tertiary/aromatic N) is 4. The Morgan fingerprint density at radius 3 is 2.38 bits per heavy atom. The molecular formula is C15H20F2N4. The van der Waals surface area contributed by atoms with Crippen LogP contribution in [0.25, 0.3) is 0 Å². The quantitative estimate of drug-likeness (QED) is 0.843. The van der Waals surface area contributed by atoms with Crippen molar-refractivity contribution in [1.82, 2.24) is 9.80 Å². The van der Waals surface area contributed by atoms with Crippen LogP contribution in [0.15, 0.2) is 12.1 Å². The lowest BCUT2D eigenvalue weighted by atomic mass is 10.1. The molecule has 114 valence electrons. The third-order valence-corrected chi connectivity index (χ3v) is 3.76. The maximum atomic E-state index is 14.0. The van der Waals surface area contributed by atoms with Crippen LogP contribution in [0.2, 0.25) is 0 Å². The molecule has 6 heteroatoms. The van der Waals surface area contributed by atoms with E-state index >= 15 is 0 Å². The van der Waals surface area contributed by atoms with Crippen LogP contribution in [-0.4, -0.2) is 63.2 Å². The van der Waals surface area contributed by atoms with Crippen LogP contribution in [-0.2, 0) is 0 Å². The first kappa shape index (κ1) is 15.7. The Morgan fingerprint density at radius 2 is 1.81 bits per heavy atom. The first-order valence-corrected chi connectivity index (χ1v) is 7.03. The molecule has 4 nitrogen and oxygen atoms in total. The van der Waals surface area contributed by atoms with Gasteiger partial charge in [0.15, 0.2) is 11.6 Å². The number of benzene rings is 1. The van der Waals surface area contributed by atoms with Gasteiger partial charge in [-0.1, -0.05) is 0 Å². The first-order chi connectivity index (χ1) is 10.0. The predicted octanol–water partition coefficient (Wildman–Crippen LogP) is 1.52. The van der Waals surface area contributed by atoms with E-state index in [0.717, 1.165) is 26.2 Å². The molecule has 21 heavy (non-hydrogen) atoms. The maximum Gasteiger partial charge on any atom is 0.183 e. The molecule has 1 aliphatic rings. The Balaban J connectivity index is 2.00. The highest BCUT2D eigenvalue weighted by molar-refractivity contribution is 5.52. The summed E-state index contributed by atoms with van der Waals surface area (Å²) in [6, 6.07) is 4.49. The zero-order valence-electron chi connectivity index (χ0n) is 12.4. The van der Waals surface area contributed by atoms with Crippen LogP contribution in [0.1, 0.15) is 5.56 Å². The highest BCUT2D eigenvalue weighted by Crippen LogP contribution is 2.24. The topological polar surface area (TPSA) is 33.5 Å². The van der Waals surface area contributed by atoms with Crippen LogP contribution in [0.3, 0.4) is 0 Å². The Labute approximate surface area is 124 Å². The van der Waals surface area contributed by atoms with Crippen LogP contribution in [0, 0.1) is 23.0 Å². The molecule has 1 aromatic carbocycles. The summed E-state index contributed by atoms with van der Waals surface area (Å²) < 4.78 is 27.7. The van der Waals surface area contributed by atoms with Gasteiger partial charge >= 0.3 is 0 Å². The number of likely N-dealkylation sites (N-methyl/N-ethyl adjacent to an activating group) is 1. The standard InChI is InChI=1S/C15H20F2N4/c1-19(2)5-6-20-7-9-21(10-8-20)13-4-3-12(11-18)14(16)15(13)17/h3-4H,5-10H2,1-2H3. The van der Waals surface area contributed by atoms with Crippen LogP contribution < -0.4 is 4.90 Å². The summed E-state index contributed by atoms with van der Waals surface area (Å²) in [6.45, 7) is 4.94. The van der Waals surface area contributed by atoms with Crippen molar-refractivity contribution in [1.29, 1.82) is 5.26 Å². The maximum absolute atomic E-state index is 14.0. The average molecular weight is 294 g/mol. The van der Waals surface area contributed by atoms with Gasteiger partial charge in [0.05, 0.1) is 11.3 Å². The van der Waals surface area contributed by atoms with Gasteiger partial charge < -0.3 is 9.80 Å². The second-order valence-corrected chi connectivity index (χ2v) is 5.50. The zero-order chi connectivity index (χ0) is 15.4. The van der Waals surface area contributed by atoms with Gasteiger partial charge in [0.1, 0.15) is 6.07 Å². The van der Waals surface area contributed by atoms with Crippen molar-refractivity contribution in [2.45, 2.75) is 0 Å². The van der Waals surface area contributed by atoms with Crippen LogP contribution in [0.4, 0.5) is 14.5 Å². The van der Waals surface area contributed by atoms with E-state index in [9.17, 15) is 8.78 Å². The highest BCUT2D eigenvalue weighted by Gasteiger charge is 2.22. The minimum atomic E-state index is -1.05. The Morgan fingerprint density at radius 1 is 1.14 bits per heavy atom. The molecule has 0 bridgehead atoms. The van der Waals surface area contributed by atoms with Gasteiger partial charge in [-0.2, -0.15) is 5.26 Å². The van der Waals surface area contributed by atoms with E-state index in [-0.39, 0.29) is 11.3 Å². The third kappa shape index (κ3) is 3.69. The number of anilines is 1. The molecule has 1 saturated heterocycles. The van der Waals surface area contributed by atoms with Gasteiger partial charge in [0, 0.05) is 39.3 Å². The SMILES string of the molecule is CN(C)CCN1CCN(c2ccc(C#N)c(F)c2F)CC1. The van der Waals surface area contributed by atoms with Crippen LogP contribution >= 0.6 is 0 Å². The number of halogens is 2. The van der Waals surface area contributed by atoms with Crippen molar-refractivity contribution < 1.29 is 8.78 Å². The molecule has 0 aromatic heterocycles. The van der Waals surface area contributed by atoms with E-state index in [1.807, 2.05) is 19.0 Å². The van der Waals surface area contributed by atoms with Gasteiger partial charge in [-0.25, -0.2) is 8.78 Å². The van der Waals surface area contributed by atoms with Gasteiger partial charge in [-0.15, -0.1) is 0 Å². The van der Waals surface area contributed by atoms with E-state index in [1.165, 1.54) is 12.1 Å². The van der Waals surface area contributed by atoms with Gasteiger partial charge in [0.2, 0.25) is 0 Å². The van der Waals surface area contributed by atoms with Crippen molar-refractivity contribution in [2.75, 3.05) is 58.3 Å². The van der Waals surface area contributed by atoms with Gasteiger partial charge in [-0.05, 0) is 26.2 Å². The molecular weight excluding hydrogens is 274 g/mol. The summed E-state index contributed by atoms with van der Waals surface area (Å²) in [5.74, 6) is -1.97. The summed E-state index contributed by atoms with van der Waals surface area (Å²) in [5.41, 5.74) is -0.000344. The molecule has 2 rings (SSSR count). The minimum Gasteiger partial charge on any atom is -0.367 e. The van der Waals surface area contributed by atoms with Crippen molar-refractivity contribution in [3.05, 3.63) is 29.3 Å². The monoisotopic (exact) mass is 294 g/mol. The predicted molar refractivity (Wildman–Crippen MR) is 78.3 cm³/mol. The summed E-state index contributed by atoms with van der Waals surface area (Å²) in [5, 5.41) is 8.70. The third-order valence-electron chi connectivity index (χ3n) is 3.76. The molecule has 0 radical (unpaired) electrons. The zero-order valence-corrected chi connectivity index (χ0v) is 12.4. The highest BCUT2D eigenvalue weighted by atomic mass is 19.2. The molecule has 1 aliphatic heterocycles. The van der Waals surface area contributed by atoms with Crippen molar-refractivity contribution in [3.8, 4) is 6.07 Å². The lowest BCUT2D eigenvalue weighted by Crippen LogP contribution is -2.48. The molecule has 0 spiro atoms. The molecule has 1 aromatic rings. The normalized spacial score (nSPS) is 16.3. The largest absolute Gasteiger partial charge is 0.367 e. The number of hydrogen-bond acceptors (Lipinski definition) is 4. The molecule has 0 aliphatic carbocycles. The summed E-state index contributed by atoms with van der Waals surface area (Å²) in [6.07, 6.45) is 0. The fourth-order valence-electron chi connectivity index (χ4n) is 2.42. The Hall–Kier alpha value is -1.71. The van der Waals surface area contributed by atoms with Gasteiger partial charge in [0.25, 0.3) is 0 Å². The fraction of sp³-hybridized carbons (Fsp3) is 0.533. The minimum absolute atomic E-state index is 0.249. The number of piperazine rings is 1. The number of hydrogen-bond donors (Lipinski definition) is 0. The summed E-state index contributed by atoms with van der Waals surface area (Å²) in [7, 11) is 4.07. The molecule has 0 amide bonds. The van der Waals surface area contributed by atoms with Crippen molar-refractivity contribution >= 4 is 5.69 Å². The molecule has 0 saturated carbocycles. The van der Waals surface area contributed by atoms with Crippen molar-refractivity contribution in [2.24, 2.45) is 0 Å². The van der Waals surface area contributed by atoms with E-state index in [0.29, 0.717) is 13.1 Å². The van der Waals surface area contributed by atoms with Crippen LogP contribution in [0.5, 0.6) is 0 Å². The Bertz CT molecular complexity index is 531. The van der Waals surface area contributed by atoms with E-state index in [4.69, 9.17) is 5.26 Å². The molecule has 0 N–H and O–H groups in total. The first-order valence-electron chi connectivity index (χ1n) is 7.03. The molecule has 0 unspecified atom stereocenters. The Kier molecular flexibility index (Phi) is 5.10. The second kappa shape index (κ2) is 6.83. The fourth-order valence-corrected chi connectivity index (χ4v) is 2.42. The molecule has 1 heterocycles. The lowest BCUT2D eigenvalue weighted by molar-refractivity contribution is 0.229. The van der Waals surface area contributed by atoms with E-state index in [1.54, 1.807) is 6.07 Å². The smallest absolute Gasteiger partial charge is 0.183 e.